The van der Waals surface area contributed by atoms with Crippen molar-refractivity contribution >= 4 is 0 Å². The molecule has 2 aliphatic rings. The number of phenolic OH excluding ortho intramolecular Hbond substituents is 1. The van der Waals surface area contributed by atoms with Crippen molar-refractivity contribution in [3.63, 3.8) is 0 Å². The van der Waals surface area contributed by atoms with E-state index < -0.39 is 0 Å². The van der Waals surface area contributed by atoms with Gasteiger partial charge >= 0.3 is 0 Å². The lowest BCUT2D eigenvalue weighted by atomic mass is 9.86. The molecule has 0 saturated carbocycles. The number of hydrogen-bond acceptors (Lipinski definition) is 2. The van der Waals surface area contributed by atoms with Crippen LogP contribution in [-0.4, -0.2) is 23.1 Å². The third-order valence-corrected chi connectivity index (χ3v) is 4.05. The number of rotatable bonds is 1. The Kier molecular flexibility index (Phi) is 1.99. The zero-order valence-corrected chi connectivity index (χ0v) is 8.95. The summed E-state index contributed by atoms with van der Waals surface area (Å²) in [5.41, 5.74) is 1.71. The molecule has 2 nitrogen and oxygen atoms in total. The van der Waals surface area contributed by atoms with Crippen LogP contribution in [0.15, 0.2) is 24.3 Å². The summed E-state index contributed by atoms with van der Waals surface area (Å²) in [6, 6.07) is 7.83. The summed E-state index contributed by atoms with van der Waals surface area (Å²) in [6.45, 7) is 2.50. The second-order valence-electron chi connectivity index (χ2n) is 4.77. The average Bonchev–Trinajstić information content (AvgIpc) is 2.77. The number of aromatic hydroxyl groups is 1. The molecule has 2 saturated heterocycles. The van der Waals surface area contributed by atoms with Crippen molar-refractivity contribution in [3.05, 3.63) is 29.8 Å². The zero-order valence-electron chi connectivity index (χ0n) is 8.95. The molecule has 2 heteroatoms. The van der Waals surface area contributed by atoms with Gasteiger partial charge in [-0.2, -0.15) is 0 Å². The quantitative estimate of drug-likeness (QED) is 0.758. The fraction of sp³-hybridized carbons (Fsp3) is 0.538. The van der Waals surface area contributed by atoms with E-state index in [4.69, 9.17) is 0 Å². The molecule has 0 amide bonds. The third kappa shape index (κ3) is 1.28. The van der Waals surface area contributed by atoms with Gasteiger partial charge in [0, 0.05) is 5.54 Å². The highest BCUT2D eigenvalue weighted by Crippen LogP contribution is 2.46. The Bertz CT molecular complexity index is 347. The van der Waals surface area contributed by atoms with Crippen molar-refractivity contribution in [3.8, 4) is 5.75 Å². The molecule has 80 valence electrons. The molecular formula is C13H17NO. The highest BCUT2D eigenvalue weighted by molar-refractivity contribution is 5.32. The summed E-state index contributed by atoms with van der Waals surface area (Å²) in [5, 5.41) is 9.32. The average molecular weight is 203 g/mol. The molecule has 1 aromatic rings. The summed E-state index contributed by atoms with van der Waals surface area (Å²) >= 11 is 0. The first-order chi connectivity index (χ1) is 7.31. The van der Waals surface area contributed by atoms with Gasteiger partial charge in [-0.1, -0.05) is 12.1 Å². The SMILES string of the molecule is Oc1ccc(C23CCCN2CCC3)cc1. The summed E-state index contributed by atoms with van der Waals surface area (Å²) in [6.07, 6.45) is 5.22. The van der Waals surface area contributed by atoms with Gasteiger partial charge in [-0.15, -0.1) is 0 Å². The normalized spacial score (nSPS) is 24.3. The van der Waals surface area contributed by atoms with Gasteiger partial charge in [-0.25, -0.2) is 0 Å². The van der Waals surface area contributed by atoms with E-state index in [9.17, 15) is 5.11 Å². The summed E-state index contributed by atoms with van der Waals surface area (Å²) in [7, 11) is 0. The largest absolute Gasteiger partial charge is 0.508 e. The van der Waals surface area contributed by atoms with Gasteiger partial charge in [0.15, 0.2) is 0 Å². The minimum atomic E-state index is 0.313. The van der Waals surface area contributed by atoms with Gasteiger partial charge in [0.2, 0.25) is 0 Å². The molecule has 3 rings (SSSR count). The van der Waals surface area contributed by atoms with Gasteiger partial charge in [0.25, 0.3) is 0 Å². The maximum absolute atomic E-state index is 9.32. The minimum absolute atomic E-state index is 0.313. The van der Waals surface area contributed by atoms with Crippen molar-refractivity contribution in [1.82, 2.24) is 4.90 Å². The standard InChI is InChI=1S/C13H17NO/c15-12-5-3-11(4-6-12)13-7-1-9-14(13)10-2-8-13/h3-6,15H,1-2,7-10H2. The molecule has 0 aromatic heterocycles. The smallest absolute Gasteiger partial charge is 0.115 e. The predicted molar refractivity (Wildman–Crippen MR) is 59.8 cm³/mol. The molecule has 0 radical (unpaired) electrons. The number of phenols is 1. The lowest BCUT2D eigenvalue weighted by Gasteiger charge is -2.32. The van der Waals surface area contributed by atoms with Crippen LogP contribution in [0, 0.1) is 0 Å². The van der Waals surface area contributed by atoms with Crippen LogP contribution in [0.1, 0.15) is 31.2 Å². The molecule has 2 aliphatic heterocycles. The van der Waals surface area contributed by atoms with E-state index in [2.05, 4.69) is 17.0 Å². The van der Waals surface area contributed by atoms with E-state index in [0.717, 1.165) is 0 Å². The number of hydrogen-bond donors (Lipinski definition) is 1. The predicted octanol–water partition coefficient (Wildman–Crippen LogP) is 2.48. The Balaban J connectivity index is 2.01. The van der Waals surface area contributed by atoms with Gasteiger partial charge in [0.05, 0.1) is 0 Å². The highest BCUT2D eigenvalue weighted by Gasteiger charge is 2.45. The monoisotopic (exact) mass is 203 g/mol. The second-order valence-corrected chi connectivity index (χ2v) is 4.77. The van der Waals surface area contributed by atoms with E-state index in [1.54, 1.807) is 0 Å². The van der Waals surface area contributed by atoms with Gasteiger partial charge in [-0.05, 0) is 56.5 Å². The second kappa shape index (κ2) is 3.24. The maximum atomic E-state index is 9.32. The van der Waals surface area contributed by atoms with E-state index >= 15 is 0 Å². The lowest BCUT2D eigenvalue weighted by Crippen LogP contribution is -2.35. The minimum Gasteiger partial charge on any atom is -0.508 e. The number of fused-ring (bicyclic) bond motifs is 1. The molecule has 0 spiro atoms. The topological polar surface area (TPSA) is 23.5 Å². The first-order valence-corrected chi connectivity index (χ1v) is 5.86. The molecule has 2 heterocycles. The molecule has 2 fully saturated rings. The van der Waals surface area contributed by atoms with Gasteiger partial charge in [0.1, 0.15) is 5.75 Å². The van der Waals surface area contributed by atoms with Crippen molar-refractivity contribution in [1.29, 1.82) is 0 Å². The van der Waals surface area contributed by atoms with Crippen LogP contribution >= 0.6 is 0 Å². The van der Waals surface area contributed by atoms with Crippen molar-refractivity contribution < 1.29 is 5.11 Å². The molecule has 0 unspecified atom stereocenters. The Morgan fingerprint density at radius 1 is 1.00 bits per heavy atom. The molecule has 0 bridgehead atoms. The van der Waals surface area contributed by atoms with Crippen LogP contribution in [0.4, 0.5) is 0 Å². The van der Waals surface area contributed by atoms with E-state index in [0.29, 0.717) is 11.3 Å². The Morgan fingerprint density at radius 3 is 2.20 bits per heavy atom. The number of benzene rings is 1. The summed E-state index contributed by atoms with van der Waals surface area (Å²) < 4.78 is 0. The van der Waals surface area contributed by atoms with Crippen LogP contribution in [0.25, 0.3) is 0 Å². The molecule has 0 aliphatic carbocycles. The zero-order chi connectivity index (χ0) is 10.3. The molecule has 1 N–H and O–H groups in total. The summed E-state index contributed by atoms with van der Waals surface area (Å²) in [5.74, 6) is 0.373. The van der Waals surface area contributed by atoms with Crippen LogP contribution in [-0.2, 0) is 5.54 Å². The first-order valence-electron chi connectivity index (χ1n) is 5.86. The summed E-state index contributed by atoms with van der Waals surface area (Å²) in [4.78, 5) is 2.62. The van der Waals surface area contributed by atoms with Gasteiger partial charge < -0.3 is 5.11 Å². The maximum Gasteiger partial charge on any atom is 0.115 e. The van der Waals surface area contributed by atoms with E-state index in [1.807, 2.05) is 12.1 Å². The number of nitrogens with zero attached hydrogens (tertiary/aromatic N) is 1. The Morgan fingerprint density at radius 2 is 1.60 bits per heavy atom. The molecular weight excluding hydrogens is 186 g/mol. The molecule has 0 atom stereocenters. The lowest BCUT2D eigenvalue weighted by molar-refractivity contribution is 0.197. The molecule has 15 heavy (non-hydrogen) atoms. The fourth-order valence-electron chi connectivity index (χ4n) is 3.35. The van der Waals surface area contributed by atoms with Crippen LogP contribution in [0.3, 0.4) is 0 Å². The molecule has 1 aromatic carbocycles. The van der Waals surface area contributed by atoms with E-state index in [1.165, 1.54) is 44.3 Å². The van der Waals surface area contributed by atoms with Crippen LogP contribution in [0.5, 0.6) is 5.75 Å². The Hall–Kier alpha value is -1.02. The van der Waals surface area contributed by atoms with Gasteiger partial charge in [-0.3, -0.25) is 4.90 Å². The van der Waals surface area contributed by atoms with Crippen molar-refractivity contribution in [2.75, 3.05) is 13.1 Å². The van der Waals surface area contributed by atoms with E-state index in [-0.39, 0.29) is 0 Å². The third-order valence-electron chi connectivity index (χ3n) is 4.05. The van der Waals surface area contributed by atoms with Crippen molar-refractivity contribution in [2.45, 2.75) is 31.2 Å². The van der Waals surface area contributed by atoms with Crippen molar-refractivity contribution in [2.24, 2.45) is 0 Å². The Labute approximate surface area is 90.5 Å². The van der Waals surface area contributed by atoms with Crippen LogP contribution < -0.4 is 0 Å². The first kappa shape index (κ1) is 9.22. The van der Waals surface area contributed by atoms with Crippen LogP contribution in [0.2, 0.25) is 0 Å². The highest BCUT2D eigenvalue weighted by atomic mass is 16.3. The fourth-order valence-corrected chi connectivity index (χ4v) is 3.35.